The van der Waals surface area contributed by atoms with Gasteiger partial charge in [-0.05, 0) is 61.7 Å². The molecule has 2 N–H and O–H groups in total. The summed E-state index contributed by atoms with van der Waals surface area (Å²) in [5, 5.41) is 6.32. The summed E-state index contributed by atoms with van der Waals surface area (Å²) in [6.07, 6.45) is 0.393. The quantitative estimate of drug-likeness (QED) is 0.774. The van der Waals surface area contributed by atoms with Gasteiger partial charge in [-0.2, -0.15) is 0 Å². The summed E-state index contributed by atoms with van der Waals surface area (Å²) in [5.41, 5.74) is 3.91. The van der Waals surface area contributed by atoms with Crippen molar-refractivity contribution in [2.45, 2.75) is 34.1 Å². The molecule has 0 aliphatic rings. The molecule has 0 fully saturated rings. The second kappa shape index (κ2) is 8.72. The highest BCUT2D eigenvalue weighted by atomic mass is 35.5. The summed E-state index contributed by atoms with van der Waals surface area (Å²) < 4.78 is 5.57. The number of hydrogen-bond acceptors (Lipinski definition) is 3. The van der Waals surface area contributed by atoms with Gasteiger partial charge in [0.15, 0.2) is 6.61 Å². The van der Waals surface area contributed by atoms with Crippen LogP contribution in [0.25, 0.3) is 0 Å². The van der Waals surface area contributed by atoms with Gasteiger partial charge in [-0.3, -0.25) is 9.59 Å². The summed E-state index contributed by atoms with van der Waals surface area (Å²) in [6, 6.07) is 8.96. The standard InChI is InChI=1S/C20H23ClN2O3/c1-5-18(24)22-16-7-6-8-17(14(16)4)23-19(25)11-26-15-9-12(2)20(21)13(3)10-15/h6-10H,5,11H2,1-4H3,(H,22,24)(H,23,25). The van der Waals surface area contributed by atoms with Gasteiger partial charge >= 0.3 is 0 Å². The lowest BCUT2D eigenvalue weighted by Gasteiger charge is -2.14. The summed E-state index contributed by atoms with van der Waals surface area (Å²) in [5.74, 6) is 0.242. The van der Waals surface area contributed by atoms with Gasteiger partial charge in [0.2, 0.25) is 5.91 Å². The van der Waals surface area contributed by atoms with Gasteiger partial charge in [0, 0.05) is 22.8 Å². The Morgan fingerprint density at radius 1 is 1.00 bits per heavy atom. The third-order valence-electron chi connectivity index (χ3n) is 3.98. The van der Waals surface area contributed by atoms with Crippen LogP contribution in [0.4, 0.5) is 11.4 Å². The number of carbonyl (C=O) groups is 2. The van der Waals surface area contributed by atoms with Crippen LogP contribution in [0.15, 0.2) is 30.3 Å². The second-order valence-electron chi connectivity index (χ2n) is 6.09. The molecule has 2 amide bonds. The molecule has 26 heavy (non-hydrogen) atoms. The molecule has 6 heteroatoms. The number of nitrogens with one attached hydrogen (secondary N) is 2. The number of halogens is 1. The predicted molar refractivity (Wildman–Crippen MR) is 105 cm³/mol. The van der Waals surface area contributed by atoms with Crippen molar-refractivity contribution in [2.24, 2.45) is 0 Å². The van der Waals surface area contributed by atoms with Gasteiger partial charge in [0.05, 0.1) is 0 Å². The van der Waals surface area contributed by atoms with Crippen molar-refractivity contribution in [1.29, 1.82) is 0 Å². The van der Waals surface area contributed by atoms with Crippen LogP contribution in [0, 0.1) is 20.8 Å². The van der Waals surface area contributed by atoms with Crippen LogP contribution in [0.3, 0.4) is 0 Å². The Hall–Kier alpha value is -2.53. The molecular formula is C20H23ClN2O3. The van der Waals surface area contributed by atoms with Crippen LogP contribution in [-0.4, -0.2) is 18.4 Å². The van der Waals surface area contributed by atoms with E-state index in [0.29, 0.717) is 28.6 Å². The number of hydrogen-bond donors (Lipinski definition) is 2. The van der Waals surface area contributed by atoms with Crippen molar-refractivity contribution in [2.75, 3.05) is 17.2 Å². The van der Waals surface area contributed by atoms with Gasteiger partial charge in [0.25, 0.3) is 5.91 Å². The SMILES string of the molecule is CCC(=O)Nc1cccc(NC(=O)COc2cc(C)c(Cl)c(C)c2)c1C. The zero-order valence-corrected chi connectivity index (χ0v) is 16.2. The van der Waals surface area contributed by atoms with Gasteiger partial charge in [0.1, 0.15) is 5.75 Å². The third kappa shape index (κ3) is 4.99. The molecule has 0 radical (unpaired) electrons. The van der Waals surface area contributed by atoms with E-state index in [1.807, 2.05) is 20.8 Å². The minimum atomic E-state index is -0.280. The highest BCUT2D eigenvalue weighted by molar-refractivity contribution is 6.32. The highest BCUT2D eigenvalue weighted by Crippen LogP contribution is 2.26. The van der Waals surface area contributed by atoms with Crippen LogP contribution in [0.5, 0.6) is 5.75 Å². The Morgan fingerprint density at radius 2 is 1.54 bits per heavy atom. The monoisotopic (exact) mass is 374 g/mol. The van der Waals surface area contributed by atoms with Crippen LogP contribution in [-0.2, 0) is 9.59 Å². The van der Waals surface area contributed by atoms with Gasteiger partial charge in [-0.25, -0.2) is 0 Å². The van der Waals surface area contributed by atoms with E-state index in [2.05, 4.69) is 10.6 Å². The first-order valence-corrected chi connectivity index (χ1v) is 8.78. The van der Waals surface area contributed by atoms with Gasteiger partial charge in [-0.15, -0.1) is 0 Å². The fourth-order valence-electron chi connectivity index (χ4n) is 2.47. The molecule has 0 saturated heterocycles. The number of amides is 2. The normalized spacial score (nSPS) is 10.3. The number of benzene rings is 2. The maximum Gasteiger partial charge on any atom is 0.262 e. The van der Waals surface area contributed by atoms with E-state index in [9.17, 15) is 9.59 Å². The van der Waals surface area contributed by atoms with Crippen LogP contribution < -0.4 is 15.4 Å². The Bertz CT molecular complexity index is 811. The Labute approximate surface area is 158 Å². The fraction of sp³-hybridized carbons (Fsp3) is 0.300. The second-order valence-corrected chi connectivity index (χ2v) is 6.47. The number of ether oxygens (including phenoxy) is 1. The Morgan fingerprint density at radius 3 is 2.08 bits per heavy atom. The summed E-state index contributed by atoms with van der Waals surface area (Å²) in [6.45, 7) is 7.29. The van der Waals surface area contributed by atoms with E-state index in [4.69, 9.17) is 16.3 Å². The minimum absolute atomic E-state index is 0.0756. The van der Waals surface area contributed by atoms with Crippen molar-refractivity contribution in [1.82, 2.24) is 0 Å². The van der Waals surface area contributed by atoms with Crippen molar-refractivity contribution in [3.63, 3.8) is 0 Å². The molecule has 0 bridgehead atoms. The van der Waals surface area contributed by atoms with Crippen LogP contribution in [0.1, 0.15) is 30.0 Å². The zero-order valence-electron chi connectivity index (χ0n) is 15.4. The molecule has 2 aromatic carbocycles. The molecule has 0 saturated carbocycles. The molecule has 0 spiro atoms. The largest absolute Gasteiger partial charge is 0.484 e. The molecule has 0 aliphatic heterocycles. The lowest BCUT2D eigenvalue weighted by Crippen LogP contribution is -2.21. The number of carbonyl (C=O) groups excluding carboxylic acids is 2. The third-order valence-corrected chi connectivity index (χ3v) is 4.58. The number of aryl methyl sites for hydroxylation is 2. The van der Waals surface area contributed by atoms with Crippen LogP contribution >= 0.6 is 11.6 Å². The average Bonchev–Trinajstić information content (AvgIpc) is 2.61. The van der Waals surface area contributed by atoms with E-state index in [1.54, 1.807) is 37.3 Å². The summed E-state index contributed by atoms with van der Waals surface area (Å²) in [4.78, 5) is 23.8. The minimum Gasteiger partial charge on any atom is -0.484 e. The highest BCUT2D eigenvalue weighted by Gasteiger charge is 2.11. The molecule has 2 aromatic rings. The van der Waals surface area contributed by atoms with Gasteiger partial charge in [-0.1, -0.05) is 24.6 Å². The number of rotatable bonds is 6. The van der Waals surface area contributed by atoms with Crippen molar-refractivity contribution < 1.29 is 14.3 Å². The lowest BCUT2D eigenvalue weighted by molar-refractivity contribution is -0.118. The molecule has 0 atom stereocenters. The van der Waals surface area contributed by atoms with E-state index in [0.717, 1.165) is 16.7 Å². The van der Waals surface area contributed by atoms with E-state index in [1.165, 1.54) is 0 Å². The molecule has 138 valence electrons. The molecule has 0 heterocycles. The van der Waals surface area contributed by atoms with E-state index >= 15 is 0 Å². The lowest BCUT2D eigenvalue weighted by atomic mass is 10.1. The van der Waals surface area contributed by atoms with Crippen molar-refractivity contribution >= 4 is 34.8 Å². The first kappa shape index (κ1) is 19.8. The molecule has 2 rings (SSSR count). The first-order chi connectivity index (χ1) is 12.3. The number of anilines is 2. The maximum atomic E-state index is 12.2. The Balaban J connectivity index is 2.02. The smallest absolute Gasteiger partial charge is 0.262 e. The first-order valence-electron chi connectivity index (χ1n) is 8.40. The van der Waals surface area contributed by atoms with E-state index < -0.39 is 0 Å². The fourth-order valence-corrected chi connectivity index (χ4v) is 2.58. The topological polar surface area (TPSA) is 67.4 Å². The molecular weight excluding hydrogens is 352 g/mol. The maximum absolute atomic E-state index is 12.2. The van der Waals surface area contributed by atoms with Crippen molar-refractivity contribution in [3.8, 4) is 5.75 Å². The zero-order chi connectivity index (χ0) is 19.3. The molecule has 0 aliphatic carbocycles. The molecule has 5 nitrogen and oxygen atoms in total. The summed E-state index contributed by atoms with van der Waals surface area (Å²) in [7, 11) is 0. The van der Waals surface area contributed by atoms with Gasteiger partial charge < -0.3 is 15.4 Å². The molecule has 0 unspecified atom stereocenters. The molecule has 0 aromatic heterocycles. The Kier molecular flexibility index (Phi) is 6.64. The predicted octanol–water partition coefficient (Wildman–Crippen LogP) is 4.63. The summed E-state index contributed by atoms with van der Waals surface area (Å²) >= 11 is 6.13. The van der Waals surface area contributed by atoms with Crippen LogP contribution in [0.2, 0.25) is 5.02 Å². The van der Waals surface area contributed by atoms with E-state index in [-0.39, 0.29) is 18.4 Å². The van der Waals surface area contributed by atoms with Crippen molar-refractivity contribution in [3.05, 3.63) is 52.0 Å². The average molecular weight is 375 g/mol.